The predicted molar refractivity (Wildman–Crippen MR) is 103 cm³/mol. The summed E-state index contributed by atoms with van der Waals surface area (Å²) in [6.45, 7) is 4.11. The summed E-state index contributed by atoms with van der Waals surface area (Å²) >= 11 is 5.87. The number of carbonyl (C=O) groups is 2. The Labute approximate surface area is 157 Å². The van der Waals surface area contributed by atoms with Crippen molar-refractivity contribution in [1.82, 2.24) is 0 Å². The van der Waals surface area contributed by atoms with E-state index in [2.05, 4.69) is 5.32 Å². The minimum Gasteiger partial charge on any atom is -0.478 e. The van der Waals surface area contributed by atoms with E-state index in [0.29, 0.717) is 29.4 Å². The zero-order valence-corrected chi connectivity index (χ0v) is 15.5. The summed E-state index contributed by atoms with van der Waals surface area (Å²) in [7, 11) is 0. The molecule has 0 aromatic heterocycles. The van der Waals surface area contributed by atoms with Crippen LogP contribution in [0.5, 0.6) is 5.75 Å². The van der Waals surface area contributed by atoms with Crippen molar-refractivity contribution >= 4 is 34.8 Å². The number of anilines is 2. The van der Waals surface area contributed by atoms with Crippen LogP contribution in [0.2, 0.25) is 5.02 Å². The van der Waals surface area contributed by atoms with Crippen LogP contribution < -0.4 is 15.0 Å². The van der Waals surface area contributed by atoms with Crippen LogP contribution in [0.1, 0.15) is 26.7 Å². The summed E-state index contributed by atoms with van der Waals surface area (Å²) in [4.78, 5) is 26.3. The van der Waals surface area contributed by atoms with Crippen molar-refractivity contribution in [3.63, 3.8) is 0 Å². The van der Waals surface area contributed by atoms with Gasteiger partial charge in [0.1, 0.15) is 5.75 Å². The van der Waals surface area contributed by atoms with E-state index in [4.69, 9.17) is 16.3 Å². The van der Waals surface area contributed by atoms with Gasteiger partial charge in [0.2, 0.25) is 5.91 Å². The third kappa shape index (κ3) is 4.17. The Morgan fingerprint density at radius 1 is 1.19 bits per heavy atom. The van der Waals surface area contributed by atoms with Gasteiger partial charge in [-0.2, -0.15) is 0 Å². The van der Waals surface area contributed by atoms with Crippen LogP contribution in [0, 0.1) is 0 Å². The first-order valence-electron chi connectivity index (χ1n) is 8.52. The number of hydrogen-bond donors (Lipinski definition) is 1. The minimum atomic E-state index is -1.08. The van der Waals surface area contributed by atoms with Crippen molar-refractivity contribution in [1.29, 1.82) is 0 Å². The van der Waals surface area contributed by atoms with E-state index in [1.54, 1.807) is 55.1 Å². The molecule has 2 amide bonds. The number of nitrogens with one attached hydrogen (secondary N) is 1. The fourth-order valence-corrected chi connectivity index (χ4v) is 2.92. The lowest BCUT2D eigenvalue weighted by molar-refractivity contribution is -0.128. The summed E-state index contributed by atoms with van der Waals surface area (Å²) in [5.41, 5.74) is 0.342. The molecule has 2 aromatic rings. The average molecular weight is 373 g/mol. The zero-order chi connectivity index (χ0) is 18.7. The zero-order valence-electron chi connectivity index (χ0n) is 14.8. The Kier molecular flexibility index (Phi) is 5.18. The number of amides is 2. The molecule has 0 saturated carbocycles. The summed E-state index contributed by atoms with van der Waals surface area (Å²) in [5, 5.41) is 3.47. The smallest absolute Gasteiger partial charge is 0.267 e. The molecule has 26 heavy (non-hydrogen) atoms. The first-order chi connectivity index (χ1) is 12.3. The van der Waals surface area contributed by atoms with Gasteiger partial charge in [-0.1, -0.05) is 17.7 Å². The van der Waals surface area contributed by atoms with Crippen LogP contribution in [-0.2, 0) is 9.59 Å². The van der Waals surface area contributed by atoms with Gasteiger partial charge in [0, 0.05) is 29.4 Å². The van der Waals surface area contributed by atoms with Gasteiger partial charge >= 0.3 is 0 Å². The minimum absolute atomic E-state index is 0.111. The number of halogens is 1. The average Bonchev–Trinajstić information content (AvgIpc) is 3.03. The maximum absolute atomic E-state index is 12.7. The molecule has 0 spiro atoms. The van der Waals surface area contributed by atoms with Crippen LogP contribution in [0.4, 0.5) is 11.4 Å². The Bertz CT molecular complexity index is 818. The number of nitrogens with zero attached hydrogens (tertiary/aromatic N) is 1. The monoisotopic (exact) mass is 372 g/mol. The van der Waals surface area contributed by atoms with Gasteiger partial charge in [0.25, 0.3) is 5.91 Å². The number of carbonyl (C=O) groups excluding carboxylic acids is 2. The molecule has 3 rings (SSSR count). The second kappa shape index (κ2) is 7.38. The first-order valence-corrected chi connectivity index (χ1v) is 8.89. The normalized spacial score (nSPS) is 14.4. The van der Waals surface area contributed by atoms with E-state index < -0.39 is 5.60 Å². The highest BCUT2D eigenvalue weighted by atomic mass is 35.5. The van der Waals surface area contributed by atoms with Crippen molar-refractivity contribution in [2.45, 2.75) is 32.3 Å². The fraction of sp³-hybridized carbons (Fsp3) is 0.300. The first kappa shape index (κ1) is 18.3. The Morgan fingerprint density at radius 3 is 2.58 bits per heavy atom. The number of rotatable bonds is 5. The molecule has 0 aliphatic carbocycles. The molecule has 0 atom stereocenters. The van der Waals surface area contributed by atoms with E-state index in [-0.39, 0.29) is 11.8 Å². The number of ether oxygens (including phenoxy) is 1. The van der Waals surface area contributed by atoms with Crippen LogP contribution in [0.3, 0.4) is 0 Å². The summed E-state index contributed by atoms with van der Waals surface area (Å²) < 4.78 is 5.80. The van der Waals surface area contributed by atoms with E-state index in [0.717, 1.165) is 12.1 Å². The van der Waals surface area contributed by atoms with Gasteiger partial charge in [0.15, 0.2) is 5.60 Å². The maximum atomic E-state index is 12.7. The molecule has 136 valence electrons. The highest BCUT2D eigenvalue weighted by molar-refractivity contribution is 6.30. The van der Waals surface area contributed by atoms with Crippen LogP contribution in [-0.4, -0.2) is 24.0 Å². The molecule has 1 fully saturated rings. The molecule has 1 saturated heterocycles. The predicted octanol–water partition coefficient (Wildman–Crippen LogP) is 4.26. The second-order valence-electron chi connectivity index (χ2n) is 6.72. The maximum Gasteiger partial charge on any atom is 0.267 e. The third-order valence-corrected chi connectivity index (χ3v) is 4.47. The van der Waals surface area contributed by atoms with Gasteiger partial charge in [0.05, 0.1) is 0 Å². The van der Waals surface area contributed by atoms with Crippen LogP contribution in [0.15, 0.2) is 48.5 Å². The summed E-state index contributed by atoms with van der Waals surface area (Å²) in [6.07, 6.45) is 1.43. The lowest BCUT2D eigenvalue weighted by Gasteiger charge is -2.25. The van der Waals surface area contributed by atoms with Gasteiger partial charge in [-0.3, -0.25) is 9.59 Å². The molecule has 2 aromatic carbocycles. The molecular formula is C20H21ClN2O3. The van der Waals surface area contributed by atoms with Crippen molar-refractivity contribution < 1.29 is 14.3 Å². The number of benzene rings is 2. The van der Waals surface area contributed by atoms with E-state index >= 15 is 0 Å². The van der Waals surface area contributed by atoms with Crippen molar-refractivity contribution in [3.8, 4) is 5.75 Å². The SMILES string of the molecule is CC(C)(Oc1ccc(Cl)cc1)C(=O)Nc1cccc(N2CCCC2=O)c1. The van der Waals surface area contributed by atoms with Crippen molar-refractivity contribution in [2.24, 2.45) is 0 Å². The van der Waals surface area contributed by atoms with Crippen molar-refractivity contribution in [3.05, 3.63) is 53.6 Å². The lowest BCUT2D eigenvalue weighted by atomic mass is 10.1. The Hall–Kier alpha value is -2.53. The van der Waals surface area contributed by atoms with E-state index in [1.165, 1.54) is 0 Å². The highest BCUT2D eigenvalue weighted by Gasteiger charge is 2.30. The van der Waals surface area contributed by atoms with Gasteiger partial charge < -0.3 is 15.0 Å². The Balaban J connectivity index is 1.70. The molecule has 1 heterocycles. The molecule has 1 N–H and O–H groups in total. The number of hydrogen-bond acceptors (Lipinski definition) is 3. The van der Waals surface area contributed by atoms with E-state index in [1.807, 2.05) is 12.1 Å². The van der Waals surface area contributed by atoms with Crippen molar-refractivity contribution in [2.75, 3.05) is 16.8 Å². The topological polar surface area (TPSA) is 58.6 Å². The third-order valence-electron chi connectivity index (χ3n) is 4.22. The Morgan fingerprint density at radius 2 is 1.92 bits per heavy atom. The quantitative estimate of drug-likeness (QED) is 0.852. The molecule has 5 nitrogen and oxygen atoms in total. The summed E-state index contributed by atoms with van der Waals surface area (Å²) in [6, 6.07) is 14.1. The molecule has 1 aliphatic heterocycles. The van der Waals surface area contributed by atoms with Crippen LogP contribution in [0.25, 0.3) is 0 Å². The molecule has 0 radical (unpaired) electrons. The van der Waals surface area contributed by atoms with Gasteiger partial charge in [-0.15, -0.1) is 0 Å². The molecule has 0 unspecified atom stereocenters. The van der Waals surface area contributed by atoms with Gasteiger partial charge in [-0.25, -0.2) is 0 Å². The standard InChI is InChI=1S/C20H21ClN2O3/c1-20(2,26-17-10-8-14(21)9-11-17)19(25)22-15-5-3-6-16(13-15)23-12-4-7-18(23)24/h3,5-6,8-11,13H,4,7,12H2,1-2H3,(H,22,25). The second-order valence-corrected chi connectivity index (χ2v) is 7.16. The highest BCUT2D eigenvalue weighted by Crippen LogP contribution is 2.26. The fourth-order valence-electron chi connectivity index (χ4n) is 2.80. The van der Waals surface area contributed by atoms with Crippen LogP contribution >= 0.6 is 11.6 Å². The molecule has 0 bridgehead atoms. The lowest BCUT2D eigenvalue weighted by Crippen LogP contribution is -2.42. The summed E-state index contributed by atoms with van der Waals surface area (Å²) in [5.74, 6) is 0.392. The van der Waals surface area contributed by atoms with E-state index in [9.17, 15) is 9.59 Å². The van der Waals surface area contributed by atoms with Gasteiger partial charge in [-0.05, 0) is 62.7 Å². The molecular weight excluding hydrogens is 352 g/mol. The largest absolute Gasteiger partial charge is 0.478 e. The molecule has 1 aliphatic rings. The molecule has 6 heteroatoms.